The quantitative estimate of drug-likeness (QED) is 0.820. The molecule has 1 heterocycles. The van der Waals surface area contributed by atoms with Crippen molar-refractivity contribution >= 4 is 12.4 Å². The minimum atomic E-state index is -0.224. The molecule has 2 aromatic rings. The highest BCUT2D eigenvalue weighted by molar-refractivity contribution is 5.85. The van der Waals surface area contributed by atoms with E-state index in [1.165, 1.54) is 12.1 Å². The Morgan fingerprint density at radius 2 is 2.00 bits per heavy atom. The third-order valence-corrected chi connectivity index (χ3v) is 2.64. The predicted molar refractivity (Wildman–Crippen MR) is 73.5 cm³/mol. The highest BCUT2D eigenvalue weighted by Crippen LogP contribution is 2.18. The van der Waals surface area contributed by atoms with Crippen LogP contribution >= 0.6 is 12.4 Å². The lowest BCUT2D eigenvalue weighted by Gasteiger charge is -1.96. The molecule has 18 heavy (non-hydrogen) atoms. The van der Waals surface area contributed by atoms with E-state index in [9.17, 15) is 4.39 Å². The summed E-state index contributed by atoms with van der Waals surface area (Å²) in [6.07, 6.45) is 2.04. The van der Waals surface area contributed by atoms with Crippen LogP contribution in [-0.2, 0) is 6.42 Å². The van der Waals surface area contributed by atoms with Gasteiger partial charge in [-0.2, -0.15) is 5.10 Å². The molecule has 0 aliphatic rings. The summed E-state index contributed by atoms with van der Waals surface area (Å²) in [6, 6.07) is 8.39. The van der Waals surface area contributed by atoms with E-state index in [1.54, 1.807) is 12.1 Å². The Balaban J connectivity index is 0.00000162. The maximum absolute atomic E-state index is 12.8. The number of H-pyrrole nitrogens is 1. The van der Waals surface area contributed by atoms with Gasteiger partial charge in [-0.3, -0.25) is 5.10 Å². The van der Waals surface area contributed by atoms with Gasteiger partial charge in [-0.1, -0.05) is 0 Å². The van der Waals surface area contributed by atoms with E-state index >= 15 is 0 Å². The van der Waals surface area contributed by atoms with Gasteiger partial charge in [0.1, 0.15) is 5.82 Å². The summed E-state index contributed by atoms with van der Waals surface area (Å²) in [5.41, 5.74) is 2.91. The van der Waals surface area contributed by atoms with Crippen LogP contribution in [0.25, 0.3) is 11.3 Å². The van der Waals surface area contributed by atoms with Crippen molar-refractivity contribution in [2.75, 3.05) is 13.6 Å². The van der Waals surface area contributed by atoms with Gasteiger partial charge in [0.25, 0.3) is 0 Å². The lowest BCUT2D eigenvalue weighted by Crippen LogP contribution is -2.08. The van der Waals surface area contributed by atoms with Gasteiger partial charge in [0.2, 0.25) is 0 Å². The van der Waals surface area contributed by atoms with Crippen LogP contribution in [0.5, 0.6) is 0 Å². The van der Waals surface area contributed by atoms with Crippen molar-refractivity contribution in [2.45, 2.75) is 12.8 Å². The molecule has 0 spiro atoms. The maximum Gasteiger partial charge on any atom is 0.123 e. The largest absolute Gasteiger partial charge is 0.320 e. The molecule has 2 N–H and O–H groups in total. The van der Waals surface area contributed by atoms with Crippen LogP contribution in [0.1, 0.15) is 12.1 Å². The minimum Gasteiger partial charge on any atom is -0.320 e. The number of benzene rings is 1. The Kier molecular flexibility index (Phi) is 5.82. The fraction of sp³-hybridized carbons (Fsp3) is 0.308. The second kappa shape index (κ2) is 7.13. The highest BCUT2D eigenvalue weighted by atomic mass is 35.5. The van der Waals surface area contributed by atoms with Gasteiger partial charge in [-0.15, -0.1) is 12.4 Å². The fourth-order valence-corrected chi connectivity index (χ4v) is 1.71. The molecule has 3 nitrogen and oxygen atoms in total. The van der Waals surface area contributed by atoms with E-state index in [0.29, 0.717) is 0 Å². The summed E-state index contributed by atoms with van der Waals surface area (Å²) in [6.45, 7) is 0.991. The summed E-state index contributed by atoms with van der Waals surface area (Å²) in [4.78, 5) is 0. The van der Waals surface area contributed by atoms with E-state index in [2.05, 4.69) is 15.5 Å². The Hall–Kier alpha value is -1.39. The van der Waals surface area contributed by atoms with E-state index in [-0.39, 0.29) is 18.2 Å². The predicted octanol–water partition coefficient (Wildman–Crippen LogP) is 2.79. The van der Waals surface area contributed by atoms with Gasteiger partial charge in [0.15, 0.2) is 0 Å². The maximum atomic E-state index is 12.8. The van der Waals surface area contributed by atoms with E-state index in [1.807, 2.05) is 13.1 Å². The number of nitrogens with one attached hydrogen (secondary N) is 2. The number of halogens is 2. The van der Waals surface area contributed by atoms with Gasteiger partial charge >= 0.3 is 0 Å². The molecule has 0 unspecified atom stereocenters. The number of hydrogen-bond donors (Lipinski definition) is 2. The Morgan fingerprint density at radius 3 is 2.67 bits per heavy atom. The molecule has 0 aliphatic carbocycles. The number of aromatic amines is 1. The van der Waals surface area contributed by atoms with Crippen LogP contribution in [0.15, 0.2) is 30.3 Å². The van der Waals surface area contributed by atoms with Crippen LogP contribution in [0.2, 0.25) is 0 Å². The van der Waals surface area contributed by atoms with Crippen LogP contribution in [0.4, 0.5) is 4.39 Å². The molecule has 0 bridgehead atoms. The van der Waals surface area contributed by atoms with Crippen molar-refractivity contribution in [3.63, 3.8) is 0 Å². The number of aromatic nitrogens is 2. The molecule has 2 rings (SSSR count). The summed E-state index contributed by atoms with van der Waals surface area (Å²) >= 11 is 0. The molecule has 98 valence electrons. The summed E-state index contributed by atoms with van der Waals surface area (Å²) < 4.78 is 12.8. The van der Waals surface area contributed by atoms with Crippen LogP contribution in [0, 0.1) is 5.82 Å². The van der Waals surface area contributed by atoms with Crippen molar-refractivity contribution < 1.29 is 4.39 Å². The first kappa shape index (κ1) is 14.7. The standard InChI is InChI=1S/C13H16FN3.ClH/c1-15-8-2-3-12-9-13(17-16-12)10-4-6-11(14)7-5-10;/h4-7,9,15H,2-3,8H2,1H3,(H,16,17);1H. The number of rotatable bonds is 5. The van der Waals surface area contributed by atoms with Crippen molar-refractivity contribution in [3.8, 4) is 11.3 Å². The third kappa shape index (κ3) is 3.82. The Morgan fingerprint density at radius 1 is 1.28 bits per heavy atom. The molecule has 0 radical (unpaired) electrons. The topological polar surface area (TPSA) is 40.7 Å². The number of hydrogen-bond acceptors (Lipinski definition) is 2. The Labute approximate surface area is 112 Å². The fourth-order valence-electron chi connectivity index (χ4n) is 1.71. The normalized spacial score (nSPS) is 10.1. The van der Waals surface area contributed by atoms with Crippen molar-refractivity contribution in [1.29, 1.82) is 0 Å². The first-order valence-corrected chi connectivity index (χ1v) is 5.74. The lowest BCUT2D eigenvalue weighted by atomic mass is 10.1. The lowest BCUT2D eigenvalue weighted by molar-refractivity contribution is 0.628. The number of aryl methyl sites for hydroxylation is 1. The van der Waals surface area contributed by atoms with E-state index in [4.69, 9.17) is 0 Å². The molecule has 5 heteroatoms. The van der Waals surface area contributed by atoms with Crippen LogP contribution in [-0.4, -0.2) is 23.8 Å². The first-order valence-electron chi connectivity index (χ1n) is 5.74. The van der Waals surface area contributed by atoms with E-state index < -0.39 is 0 Å². The molecule has 0 amide bonds. The second-order valence-electron chi connectivity index (χ2n) is 3.99. The number of nitrogens with zero attached hydrogens (tertiary/aromatic N) is 1. The molecular weight excluding hydrogens is 253 g/mol. The van der Waals surface area contributed by atoms with Gasteiger partial charge in [0.05, 0.1) is 5.69 Å². The molecule has 0 saturated carbocycles. The second-order valence-corrected chi connectivity index (χ2v) is 3.99. The zero-order valence-corrected chi connectivity index (χ0v) is 11.1. The average molecular weight is 270 g/mol. The highest BCUT2D eigenvalue weighted by Gasteiger charge is 2.03. The molecule has 1 aromatic carbocycles. The van der Waals surface area contributed by atoms with Crippen LogP contribution in [0.3, 0.4) is 0 Å². The van der Waals surface area contributed by atoms with Gasteiger partial charge in [-0.25, -0.2) is 4.39 Å². The summed E-state index contributed by atoms with van der Waals surface area (Å²) in [7, 11) is 1.94. The molecule has 0 aliphatic heterocycles. The average Bonchev–Trinajstić information content (AvgIpc) is 2.79. The van der Waals surface area contributed by atoms with Crippen molar-refractivity contribution in [1.82, 2.24) is 15.5 Å². The molecule has 1 aromatic heterocycles. The smallest absolute Gasteiger partial charge is 0.123 e. The van der Waals surface area contributed by atoms with Crippen LogP contribution < -0.4 is 5.32 Å². The zero-order chi connectivity index (χ0) is 12.1. The Bertz CT molecular complexity index is 467. The van der Waals surface area contributed by atoms with E-state index in [0.717, 1.165) is 36.3 Å². The zero-order valence-electron chi connectivity index (χ0n) is 10.2. The summed E-state index contributed by atoms with van der Waals surface area (Å²) in [5, 5.41) is 10.3. The van der Waals surface area contributed by atoms with Crippen molar-refractivity contribution in [2.24, 2.45) is 0 Å². The minimum absolute atomic E-state index is 0. The summed E-state index contributed by atoms with van der Waals surface area (Å²) in [5.74, 6) is -0.224. The molecular formula is C13H17ClFN3. The van der Waals surface area contributed by atoms with Gasteiger partial charge in [0, 0.05) is 11.3 Å². The molecule has 0 atom stereocenters. The van der Waals surface area contributed by atoms with Crippen molar-refractivity contribution in [3.05, 3.63) is 41.8 Å². The molecule has 0 saturated heterocycles. The third-order valence-electron chi connectivity index (χ3n) is 2.64. The van der Waals surface area contributed by atoms with Gasteiger partial charge < -0.3 is 5.32 Å². The molecule has 0 fully saturated rings. The first-order chi connectivity index (χ1) is 8.29. The monoisotopic (exact) mass is 269 g/mol. The SMILES string of the molecule is CNCCCc1cc(-c2ccc(F)cc2)n[nH]1.Cl. The van der Waals surface area contributed by atoms with Gasteiger partial charge in [-0.05, 0) is 56.8 Å².